The summed E-state index contributed by atoms with van der Waals surface area (Å²) in [7, 11) is 0. The monoisotopic (exact) mass is 235 g/mol. The molecule has 0 spiro atoms. The predicted octanol–water partition coefficient (Wildman–Crippen LogP) is 3.38. The van der Waals surface area contributed by atoms with Gasteiger partial charge in [0.15, 0.2) is 0 Å². The van der Waals surface area contributed by atoms with E-state index in [0.717, 1.165) is 18.9 Å². The van der Waals surface area contributed by atoms with Gasteiger partial charge in [-0.2, -0.15) is 11.3 Å². The van der Waals surface area contributed by atoms with Crippen molar-refractivity contribution in [2.45, 2.75) is 26.3 Å². The molecule has 4 heteroatoms. The summed E-state index contributed by atoms with van der Waals surface area (Å²) in [6.07, 6.45) is 4.99. The lowest BCUT2D eigenvalue weighted by Crippen LogP contribution is -2.11. The van der Waals surface area contributed by atoms with Crippen LogP contribution < -0.4 is 5.32 Å². The highest BCUT2D eigenvalue weighted by atomic mass is 32.1. The van der Waals surface area contributed by atoms with Crippen molar-refractivity contribution in [3.8, 4) is 0 Å². The number of imidazole rings is 1. The standard InChI is InChI=1S/C12H17N3S/c1-3-5-13-12-14-6-7-15(12)10(2)11-4-8-16-9-11/h4,6-10H,3,5H2,1-2H3,(H,13,14). The molecule has 0 aliphatic heterocycles. The second kappa shape index (κ2) is 5.16. The summed E-state index contributed by atoms with van der Waals surface area (Å²) in [6.45, 7) is 5.32. The van der Waals surface area contributed by atoms with Crippen LogP contribution in [0.5, 0.6) is 0 Å². The molecule has 2 heterocycles. The molecule has 2 rings (SSSR count). The van der Waals surface area contributed by atoms with Crippen molar-refractivity contribution in [2.75, 3.05) is 11.9 Å². The molecule has 2 aromatic rings. The summed E-state index contributed by atoms with van der Waals surface area (Å²) < 4.78 is 2.18. The zero-order valence-electron chi connectivity index (χ0n) is 9.68. The van der Waals surface area contributed by atoms with Crippen molar-refractivity contribution >= 4 is 17.3 Å². The van der Waals surface area contributed by atoms with E-state index in [1.54, 1.807) is 11.3 Å². The highest BCUT2D eigenvalue weighted by molar-refractivity contribution is 7.07. The fourth-order valence-electron chi connectivity index (χ4n) is 1.67. The lowest BCUT2D eigenvalue weighted by atomic mass is 10.2. The minimum Gasteiger partial charge on any atom is -0.356 e. The van der Waals surface area contributed by atoms with Gasteiger partial charge in [0.1, 0.15) is 0 Å². The lowest BCUT2D eigenvalue weighted by molar-refractivity contribution is 0.645. The molecule has 0 saturated heterocycles. The first kappa shape index (κ1) is 11.2. The Hall–Kier alpha value is -1.29. The summed E-state index contributed by atoms with van der Waals surface area (Å²) in [6, 6.07) is 2.51. The quantitative estimate of drug-likeness (QED) is 0.861. The van der Waals surface area contributed by atoms with Gasteiger partial charge in [-0.15, -0.1) is 0 Å². The molecule has 0 bridgehead atoms. The van der Waals surface area contributed by atoms with Crippen molar-refractivity contribution in [1.82, 2.24) is 9.55 Å². The summed E-state index contributed by atoms with van der Waals surface area (Å²) >= 11 is 1.73. The third-order valence-corrected chi connectivity index (χ3v) is 3.35. The van der Waals surface area contributed by atoms with Crippen molar-refractivity contribution < 1.29 is 0 Å². The maximum Gasteiger partial charge on any atom is 0.203 e. The second-order valence-corrected chi connectivity index (χ2v) is 4.60. The van der Waals surface area contributed by atoms with E-state index < -0.39 is 0 Å². The smallest absolute Gasteiger partial charge is 0.203 e. The maximum atomic E-state index is 4.34. The second-order valence-electron chi connectivity index (χ2n) is 3.82. The molecular formula is C12H17N3S. The number of thiophene rings is 1. The van der Waals surface area contributed by atoms with Gasteiger partial charge in [0.25, 0.3) is 0 Å². The highest BCUT2D eigenvalue weighted by Crippen LogP contribution is 2.23. The van der Waals surface area contributed by atoms with Crippen LogP contribution in [0.15, 0.2) is 29.2 Å². The van der Waals surface area contributed by atoms with Gasteiger partial charge in [0.2, 0.25) is 5.95 Å². The Labute approximate surface area is 100 Å². The van der Waals surface area contributed by atoms with Gasteiger partial charge in [-0.3, -0.25) is 0 Å². The van der Waals surface area contributed by atoms with Crippen LogP contribution in [-0.2, 0) is 0 Å². The molecule has 0 aliphatic carbocycles. The van der Waals surface area contributed by atoms with Crippen molar-refractivity contribution in [3.05, 3.63) is 34.8 Å². The number of hydrogen-bond donors (Lipinski definition) is 1. The van der Waals surface area contributed by atoms with E-state index in [9.17, 15) is 0 Å². The molecule has 2 aromatic heterocycles. The van der Waals surface area contributed by atoms with Gasteiger partial charge < -0.3 is 9.88 Å². The van der Waals surface area contributed by atoms with Crippen molar-refractivity contribution in [1.29, 1.82) is 0 Å². The minimum absolute atomic E-state index is 0.341. The van der Waals surface area contributed by atoms with Crippen LogP contribution >= 0.6 is 11.3 Å². The van der Waals surface area contributed by atoms with Gasteiger partial charge in [-0.05, 0) is 35.7 Å². The molecule has 3 nitrogen and oxygen atoms in total. The molecule has 16 heavy (non-hydrogen) atoms. The molecule has 0 fully saturated rings. The van der Waals surface area contributed by atoms with Crippen LogP contribution in [0.4, 0.5) is 5.95 Å². The Bertz CT molecular complexity index is 419. The first-order chi connectivity index (χ1) is 7.83. The molecule has 0 aliphatic rings. The number of hydrogen-bond acceptors (Lipinski definition) is 3. The number of aromatic nitrogens is 2. The zero-order chi connectivity index (χ0) is 11.4. The zero-order valence-corrected chi connectivity index (χ0v) is 10.5. The molecule has 0 saturated carbocycles. The Kier molecular flexibility index (Phi) is 3.62. The number of anilines is 1. The first-order valence-electron chi connectivity index (χ1n) is 5.61. The Balaban J connectivity index is 2.17. The summed E-state index contributed by atoms with van der Waals surface area (Å²) in [5.41, 5.74) is 1.34. The largest absolute Gasteiger partial charge is 0.356 e. The SMILES string of the molecule is CCCNc1nccn1C(C)c1ccsc1. The molecule has 0 amide bonds. The van der Waals surface area contributed by atoms with E-state index in [4.69, 9.17) is 0 Å². The van der Waals surface area contributed by atoms with Crippen LogP contribution in [0.1, 0.15) is 31.9 Å². The van der Waals surface area contributed by atoms with Gasteiger partial charge in [0.05, 0.1) is 6.04 Å². The fraction of sp³-hybridized carbons (Fsp3) is 0.417. The van der Waals surface area contributed by atoms with Gasteiger partial charge >= 0.3 is 0 Å². The minimum atomic E-state index is 0.341. The number of nitrogens with zero attached hydrogens (tertiary/aromatic N) is 2. The fourth-order valence-corrected chi connectivity index (χ4v) is 2.42. The van der Waals surface area contributed by atoms with E-state index in [-0.39, 0.29) is 0 Å². The molecule has 1 atom stereocenters. The average molecular weight is 235 g/mol. The van der Waals surface area contributed by atoms with Crippen molar-refractivity contribution in [3.63, 3.8) is 0 Å². The Morgan fingerprint density at radius 1 is 1.56 bits per heavy atom. The number of nitrogens with one attached hydrogen (secondary N) is 1. The van der Waals surface area contributed by atoms with E-state index in [1.807, 2.05) is 12.4 Å². The van der Waals surface area contributed by atoms with E-state index in [1.165, 1.54) is 5.56 Å². The average Bonchev–Trinajstić information content (AvgIpc) is 2.96. The molecule has 0 radical (unpaired) electrons. The molecular weight excluding hydrogens is 218 g/mol. The highest BCUT2D eigenvalue weighted by Gasteiger charge is 2.11. The third kappa shape index (κ3) is 2.27. The lowest BCUT2D eigenvalue weighted by Gasteiger charge is -2.15. The van der Waals surface area contributed by atoms with Crippen LogP contribution in [0.25, 0.3) is 0 Å². The molecule has 1 N–H and O–H groups in total. The normalized spacial score (nSPS) is 12.6. The summed E-state index contributed by atoms with van der Waals surface area (Å²) in [5, 5.41) is 7.64. The predicted molar refractivity (Wildman–Crippen MR) is 69.1 cm³/mol. The molecule has 1 unspecified atom stereocenters. The molecule has 0 aromatic carbocycles. The van der Waals surface area contributed by atoms with E-state index in [0.29, 0.717) is 6.04 Å². The summed E-state index contributed by atoms with van der Waals surface area (Å²) in [5.74, 6) is 0.959. The van der Waals surface area contributed by atoms with Gasteiger partial charge in [0, 0.05) is 18.9 Å². The number of rotatable bonds is 5. The maximum absolute atomic E-state index is 4.34. The molecule has 86 valence electrons. The third-order valence-electron chi connectivity index (χ3n) is 2.64. The first-order valence-corrected chi connectivity index (χ1v) is 6.56. The van der Waals surface area contributed by atoms with Crippen molar-refractivity contribution in [2.24, 2.45) is 0 Å². The van der Waals surface area contributed by atoms with Gasteiger partial charge in [-0.1, -0.05) is 6.92 Å². The van der Waals surface area contributed by atoms with Crippen LogP contribution in [-0.4, -0.2) is 16.1 Å². The summed E-state index contributed by atoms with van der Waals surface area (Å²) in [4.78, 5) is 4.34. The van der Waals surface area contributed by atoms with E-state index >= 15 is 0 Å². The topological polar surface area (TPSA) is 29.9 Å². The van der Waals surface area contributed by atoms with E-state index in [2.05, 4.69) is 45.5 Å². The van der Waals surface area contributed by atoms with Crippen LogP contribution in [0.2, 0.25) is 0 Å². The van der Waals surface area contributed by atoms with Crippen LogP contribution in [0.3, 0.4) is 0 Å². The van der Waals surface area contributed by atoms with Gasteiger partial charge in [-0.25, -0.2) is 4.98 Å². The Morgan fingerprint density at radius 2 is 2.44 bits per heavy atom. The van der Waals surface area contributed by atoms with Crippen LogP contribution in [0, 0.1) is 0 Å². The Morgan fingerprint density at radius 3 is 3.12 bits per heavy atom.